The number of hydrogen-bond donors (Lipinski definition) is 3. The van der Waals surface area contributed by atoms with E-state index < -0.39 is 5.90 Å². The molecule has 0 spiro atoms. The SMILES string of the molecule is C[N+](C)(C)CCOC1CCC(CCCCN=C(N)/N=C(\[O-])c2nc(Cl)c(N)nc2N)CC1. The van der Waals surface area contributed by atoms with Crippen LogP contribution in [0.1, 0.15) is 50.6 Å². The third-order valence-electron chi connectivity index (χ3n) is 5.53. The summed E-state index contributed by atoms with van der Waals surface area (Å²) < 4.78 is 6.98. The Morgan fingerprint density at radius 1 is 1.12 bits per heavy atom. The second kappa shape index (κ2) is 12.2. The smallest absolute Gasteiger partial charge is 0.214 e. The first kappa shape index (κ1) is 26.1. The van der Waals surface area contributed by atoms with E-state index >= 15 is 0 Å². The molecule has 1 aliphatic rings. The molecule has 0 unspecified atom stereocenters. The van der Waals surface area contributed by atoms with Crippen LogP contribution in [0.5, 0.6) is 0 Å². The van der Waals surface area contributed by atoms with Crippen LogP contribution in [0.4, 0.5) is 11.6 Å². The molecule has 1 aromatic heterocycles. The number of rotatable bonds is 10. The highest BCUT2D eigenvalue weighted by Crippen LogP contribution is 2.29. The third kappa shape index (κ3) is 9.13. The minimum atomic E-state index is -0.751. The molecule has 11 heteroatoms. The molecule has 1 aromatic rings. The number of aliphatic imine (C=N–C) groups is 2. The summed E-state index contributed by atoms with van der Waals surface area (Å²) in [6.45, 7) is 2.38. The Morgan fingerprint density at radius 3 is 2.47 bits per heavy atom. The van der Waals surface area contributed by atoms with Crippen molar-refractivity contribution < 1.29 is 14.3 Å². The van der Waals surface area contributed by atoms with Crippen molar-refractivity contribution in [2.75, 3.05) is 52.3 Å². The zero-order valence-electron chi connectivity index (χ0n) is 19.4. The fraction of sp³-hybridized carbons (Fsp3) is 0.714. The molecule has 1 fully saturated rings. The number of nitrogens with zero attached hydrogens (tertiary/aromatic N) is 5. The van der Waals surface area contributed by atoms with E-state index in [1.54, 1.807) is 0 Å². The number of unbranched alkanes of at least 4 members (excludes halogenated alkanes) is 1. The quantitative estimate of drug-likeness (QED) is 0.201. The van der Waals surface area contributed by atoms with Crippen molar-refractivity contribution in [1.29, 1.82) is 0 Å². The lowest BCUT2D eigenvalue weighted by molar-refractivity contribution is -0.870. The lowest BCUT2D eigenvalue weighted by Gasteiger charge is -2.30. The van der Waals surface area contributed by atoms with E-state index in [2.05, 4.69) is 41.1 Å². The third-order valence-corrected chi connectivity index (χ3v) is 5.81. The fourth-order valence-corrected chi connectivity index (χ4v) is 3.74. The zero-order chi connectivity index (χ0) is 23.7. The summed E-state index contributed by atoms with van der Waals surface area (Å²) in [5.41, 5.74) is 16.7. The van der Waals surface area contributed by atoms with E-state index in [1.807, 2.05) is 0 Å². The Kier molecular flexibility index (Phi) is 9.92. The molecule has 0 bridgehead atoms. The standard InChI is InChI=1S/C21H37ClN8O2/c1-30(2,3)12-13-32-15-9-7-14(8-10-15)6-4-5-11-26-21(25)29-20(31)16-18(23)28-19(24)17(22)27-16/h14-15H,4-13H2,1-3H3,(H6-,23,24,25,26,28,29,31). The van der Waals surface area contributed by atoms with Crippen molar-refractivity contribution in [3.8, 4) is 0 Å². The Bertz CT molecular complexity index is 802. The maximum absolute atomic E-state index is 12.2. The molecule has 1 heterocycles. The number of aromatic nitrogens is 2. The van der Waals surface area contributed by atoms with Crippen LogP contribution in [0.25, 0.3) is 0 Å². The van der Waals surface area contributed by atoms with Gasteiger partial charge in [-0.05, 0) is 38.0 Å². The summed E-state index contributed by atoms with van der Waals surface area (Å²) in [5, 5.41) is 12.0. The Morgan fingerprint density at radius 2 is 1.81 bits per heavy atom. The van der Waals surface area contributed by atoms with Crippen molar-refractivity contribution in [2.24, 2.45) is 21.6 Å². The molecule has 0 aliphatic heterocycles. The highest BCUT2D eigenvalue weighted by atomic mass is 35.5. The molecule has 0 saturated heterocycles. The normalized spacial score (nSPS) is 20.5. The number of guanidine groups is 1. The minimum Gasteiger partial charge on any atom is -0.857 e. The Labute approximate surface area is 195 Å². The van der Waals surface area contributed by atoms with Gasteiger partial charge in [0.25, 0.3) is 0 Å². The zero-order valence-corrected chi connectivity index (χ0v) is 20.1. The van der Waals surface area contributed by atoms with Gasteiger partial charge in [-0.2, -0.15) is 0 Å². The second-order valence-corrected chi connectivity index (χ2v) is 9.67. The van der Waals surface area contributed by atoms with Crippen LogP contribution in [0.15, 0.2) is 9.98 Å². The van der Waals surface area contributed by atoms with Crippen LogP contribution in [0.2, 0.25) is 5.15 Å². The highest BCUT2D eigenvalue weighted by Gasteiger charge is 2.21. The lowest BCUT2D eigenvalue weighted by atomic mass is 9.84. The first-order chi connectivity index (χ1) is 15.0. The van der Waals surface area contributed by atoms with E-state index in [-0.39, 0.29) is 28.4 Å². The van der Waals surface area contributed by atoms with Gasteiger partial charge in [-0.15, -0.1) is 0 Å². The molecule has 0 aromatic carbocycles. The Hall–Kier alpha value is -2.17. The molecule has 0 amide bonds. The van der Waals surface area contributed by atoms with Gasteiger partial charge in [-0.25, -0.2) is 15.0 Å². The van der Waals surface area contributed by atoms with E-state index in [4.69, 9.17) is 33.5 Å². The molecular weight excluding hydrogens is 432 g/mol. The van der Waals surface area contributed by atoms with Gasteiger partial charge in [0, 0.05) is 12.4 Å². The van der Waals surface area contributed by atoms with Gasteiger partial charge in [0.2, 0.25) is 5.96 Å². The summed E-state index contributed by atoms with van der Waals surface area (Å²) in [6, 6.07) is 0. The van der Waals surface area contributed by atoms with Crippen LogP contribution in [-0.2, 0) is 4.74 Å². The first-order valence-corrected chi connectivity index (χ1v) is 11.5. The number of nitrogen functional groups attached to an aromatic ring is 2. The molecule has 0 atom stereocenters. The van der Waals surface area contributed by atoms with Gasteiger partial charge in [0.05, 0.1) is 33.9 Å². The maximum atomic E-state index is 12.2. The number of nitrogens with two attached hydrogens (primary N) is 3. The van der Waals surface area contributed by atoms with Crippen molar-refractivity contribution in [3.05, 3.63) is 10.8 Å². The van der Waals surface area contributed by atoms with Crippen LogP contribution in [-0.4, -0.2) is 73.3 Å². The highest BCUT2D eigenvalue weighted by molar-refractivity contribution is 6.31. The van der Waals surface area contributed by atoms with Gasteiger partial charge < -0.3 is 31.5 Å². The number of ether oxygens (including phenoxy) is 1. The average Bonchev–Trinajstić information content (AvgIpc) is 2.70. The minimum absolute atomic E-state index is 0.0526. The monoisotopic (exact) mass is 468 g/mol. The van der Waals surface area contributed by atoms with Gasteiger partial charge in [0.15, 0.2) is 16.8 Å². The van der Waals surface area contributed by atoms with Crippen molar-refractivity contribution in [2.45, 2.75) is 51.0 Å². The predicted molar refractivity (Wildman–Crippen MR) is 127 cm³/mol. The number of anilines is 2. The van der Waals surface area contributed by atoms with Gasteiger partial charge in [-0.3, -0.25) is 4.99 Å². The molecule has 1 saturated carbocycles. The lowest BCUT2D eigenvalue weighted by Crippen LogP contribution is -2.38. The predicted octanol–water partition coefficient (Wildman–Crippen LogP) is 1.17. The maximum Gasteiger partial charge on any atom is 0.214 e. The molecule has 2 rings (SSSR count). The van der Waals surface area contributed by atoms with E-state index in [0.717, 1.165) is 49.2 Å². The van der Waals surface area contributed by atoms with Crippen LogP contribution in [0, 0.1) is 5.92 Å². The van der Waals surface area contributed by atoms with Gasteiger partial charge in [0.1, 0.15) is 12.2 Å². The van der Waals surface area contributed by atoms with Crippen LogP contribution < -0.4 is 22.3 Å². The molecule has 10 nitrogen and oxygen atoms in total. The number of hydrogen-bond acceptors (Lipinski definition) is 7. The molecule has 0 radical (unpaired) electrons. The van der Waals surface area contributed by atoms with Crippen LogP contribution >= 0.6 is 11.6 Å². The van der Waals surface area contributed by atoms with Crippen molar-refractivity contribution in [1.82, 2.24) is 9.97 Å². The van der Waals surface area contributed by atoms with E-state index in [0.29, 0.717) is 12.6 Å². The average molecular weight is 469 g/mol. The number of halogens is 1. The second-order valence-electron chi connectivity index (χ2n) is 9.31. The van der Waals surface area contributed by atoms with E-state index in [1.165, 1.54) is 19.3 Å². The van der Waals surface area contributed by atoms with Crippen molar-refractivity contribution in [3.63, 3.8) is 0 Å². The molecular formula is C21H37ClN8O2. The summed E-state index contributed by atoms with van der Waals surface area (Å²) in [7, 11) is 6.55. The number of quaternary nitrogens is 1. The largest absolute Gasteiger partial charge is 0.857 e. The van der Waals surface area contributed by atoms with Crippen LogP contribution in [0.3, 0.4) is 0 Å². The van der Waals surface area contributed by atoms with E-state index in [9.17, 15) is 5.11 Å². The summed E-state index contributed by atoms with van der Waals surface area (Å²) in [4.78, 5) is 15.4. The topological polar surface area (TPSA) is 161 Å². The molecule has 1 aliphatic carbocycles. The summed E-state index contributed by atoms with van der Waals surface area (Å²) in [5.74, 6) is -0.322. The Balaban J connectivity index is 1.66. The summed E-state index contributed by atoms with van der Waals surface area (Å²) >= 11 is 5.78. The number of likely N-dealkylation sites (N-methyl/N-ethyl adjacent to an activating group) is 1. The van der Waals surface area contributed by atoms with Gasteiger partial charge in [-0.1, -0.05) is 24.4 Å². The fourth-order valence-electron chi connectivity index (χ4n) is 3.61. The first-order valence-electron chi connectivity index (χ1n) is 11.1. The van der Waals surface area contributed by atoms with Gasteiger partial charge >= 0.3 is 0 Å². The molecule has 180 valence electrons. The summed E-state index contributed by atoms with van der Waals surface area (Å²) in [6.07, 6.45) is 8.27. The van der Waals surface area contributed by atoms with Crippen molar-refractivity contribution >= 4 is 35.1 Å². The molecule has 6 N–H and O–H groups in total. The molecule has 32 heavy (non-hydrogen) atoms.